The number of methoxy groups -OCH3 is 1. The molecule has 0 aromatic carbocycles. The quantitative estimate of drug-likeness (QED) is 0.609. The highest BCUT2D eigenvalue weighted by Crippen LogP contribution is 2.30. The first kappa shape index (κ1) is 11.3. The minimum Gasteiger partial charge on any atom is -0.505 e. The predicted octanol–water partition coefficient (Wildman–Crippen LogP) is 1.65. The van der Waals surface area contributed by atoms with Crippen molar-refractivity contribution >= 4 is 5.97 Å². The van der Waals surface area contributed by atoms with Gasteiger partial charge in [0.1, 0.15) is 11.3 Å². The van der Waals surface area contributed by atoms with Crippen molar-refractivity contribution in [1.29, 1.82) is 0 Å². The van der Waals surface area contributed by atoms with Gasteiger partial charge in [-0.3, -0.25) is 0 Å². The van der Waals surface area contributed by atoms with E-state index in [1.807, 2.05) is 0 Å². The van der Waals surface area contributed by atoms with Gasteiger partial charge in [-0.25, -0.2) is 18.6 Å². The first-order chi connectivity index (χ1) is 6.99. The molecule has 0 aliphatic heterocycles. The highest BCUT2D eigenvalue weighted by Gasteiger charge is 2.27. The molecule has 1 heterocycles. The van der Waals surface area contributed by atoms with Gasteiger partial charge in [-0.15, -0.1) is 0 Å². The smallest absolute Gasteiger partial charge is 0.342 e. The molecule has 0 unspecified atom stereocenters. The molecule has 0 aliphatic rings. The summed E-state index contributed by atoms with van der Waals surface area (Å²) in [6.45, 7) is 0. The number of hydrogen-bond donors (Lipinski definition) is 1. The Hall–Kier alpha value is -1.79. The van der Waals surface area contributed by atoms with Gasteiger partial charge in [-0.2, -0.15) is 4.39 Å². The number of carbonyl (C=O) groups excluding carboxylic acids is 1. The number of rotatable bonds is 2. The molecule has 1 aromatic rings. The van der Waals surface area contributed by atoms with Crippen molar-refractivity contribution in [2.75, 3.05) is 7.11 Å². The average molecular weight is 221 g/mol. The fourth-order valence-corrected chi connectivity index (χ4v) is 1.01. The van der Waals surface area contributed by atoms with E-state index in [1.165, 1.54) is 0 Å². The van der Waals surface area contributed by atoms with Crippen molar-refractivity contribution < 1.29 is 27.8 Å². The Bertz CT molecular complexity index is 395. The summed E-state index contributed by atoms with van der Waals surface area (Å²) in [5.74, 6) is -3.61. The van der Waals surface area contributed by atoms with E-state index in [0.29, 0.717) is 6.20 Å². The topological polar surface area (TPSA) is 59.4 Å². The van der Waals surface area contributed by atoms with E-state index >= 15 is 0 Å². The molecule has 0 amide bonds. The number of pyridine rings is 1. The third-order valence-corrected chi connectivity index (χ3v) is 1.66. The molecule has 0 atom stereocenters. The lowest BCUT2D eigenvalue weighted by atomic mass is 10.1. The molecule has 1 rings (SSSR count). The summed E-state index contributed by atoms with van der Waals surface area (Å²) in [4.78, 5) is 13.9. The number of aromatic nitrogens is 1. The number of halogens is 3. The second kappa shape index (κ2) is 4.16. The molecule has 0 fully saturated rings. The fraction of sp³-hybridized carbons (Fsp3) is 0.250. The SMILES string of the molecule is COC(=O)c1c(O)cnc(F)c1C(F)F. The molecule has 0 saturated heterocycles. The van der Waals surface area contributed by atoms with Gasteiger partial charge in [0, 0.05) is 0 Å². The van der Waals surface area contributed by atoms with Gasteiger partial charge in [0.25, 0.3) is 6.43 Å². The molecule has 1 N–H and O–H groups in total. The number of alkyl halides is 2. The van der Waals surface area contributed by atoms with Gasteiger partial charge in [-0.1, -0.05) is 0 Å². The monoisotopic (exact) mass is 221 g/mol. The number of nitrogens with zero attached hydrogens (tertiary/aromatic N) is 1. The van der Waals surface area contributed by atoms with E-state index in [-0.39, 0.29) is 0 Å². The highest BCUT2D eigenvalue weighted by molar-refractivity contribution is 5.93. The lowest BCUT2D eigenvalue weighted by Crippen LogP contribution is -2.10. The fourth-order valence-electron chi connectivity index (χ4n) is 1.01. The molecular weight excluding hydrogens is 215 g/mol. The lowest BCUT2D eigenvalue weighted by molar-refractivity contribution is 0.0582. The van der Waals surface area contributed by atoms with Crippen LogP contribution in [0.3, 0.4) is 0 Å². The van der Waals surface area contributed by atoms with E-state index in [4.69, 9.17) is 5.11 Å². The van der Waals surface area contributed by atoms with E-state index < -0.39 is 35.2 Å². The van der Waals surface area contributed by atoms with E-state index in [2.05, 4.69) is 9.72 Å². The van der Waals surface area contributed by atoms with Crippen LogP contribution < -0.4 is 0 Å². The predicted molar refractivity (Wildman–Crippen MR) is 42.2 cm³/mol. The van der Waals surface area contributed by atoms with Gasteiger partial charge >= 0.3 is 5.97 Å². The zero-order valence-corrected chi connectivity index (χ0v) is 7.50. The van der Waals surface area contributed by atoms with E-state index in [9.17, 15) is 18.0 Å². The van der Waals surface area contributed by atoms with Crippen LogP contribution in [0.1, 0.15) is 22.3 Å². The molecular formula is C8H6F3NO3. The van der Waals surface area contributed by atoms with Crippen molar-refractivity contribution in [2.24, 2.45) is 0 Å². The molecule has 15 heavy (non-hydrogen) atoms. The van der Waals surface area contributed by atoms with E-state index in [0.717, 1.165) is 7.11 Å². The summed E-state index contributed by atoms with van der Waals surface area (Å²) < 4.78 is 41.7. The van der Waals surface area contributed by atoms with Gasteiger partial charge in [0.15, 0.2) is 0 Å². The van der Waals surface area contributed by atoms with Crippen LogP contribution in [0, 0.1) is 5.95 Å². The molecule has 7 heteroatoms. The maximum absolute atomic E-state index is 12.9. The summed E-state index contributed by atoms with van der Waals surface area (Å²) in [5, 5.41) is 9.10. The Kier molecular flexibility index (Phi) is 3.13. The Morgan fingerprint density at radius 2 is 2.20 bits per heavy atom. The lowest BCUT2D eigenvalue weighted by Gasteiger charge is -2.08. The molecule has 0 radical (unpaired) electrons. The van der Waals surface area contributed by atoms with Crippen LogP contribution in [0.4, 0.5) is 13.2 Å². The first-order valence-electron chi connectivity index (χ1n) is 3.72. The van der Waals surface area contributed by atoms with Crippen molar-refractivity contribution in [2.45, 2.75) is 6.43 Å². The summed E-state index contributed by atoms with van der Waals surface area (Å²) in [6.07, 6.45) is -2.70. The summed E-state index contributed by atoms with van der Waals surface area (Å²) in [7, 11) is 0.926. The van der Waals surface area contributed by atoms with Gasteiger partial charge in [0.2, 0.25) is 5.95 Å². The minimum absolute atomic E-state index is 0.563. The van der Waals surface area contributed by atoms with Crippen molar-refractivity contribution in [3.63, 3.8) is 0 Å². The number of carbonyl (C=O) groups is 1. The zero-order valence-electron chi connectivity index (χ0n) is 7.50. The van der Waals surface area contributed by atoms with Crippen LogP contribution in [-0.2, 0) is 4.74 Å². The Labute approximate surface area is 82.3 Å². The van der Waals surface area contributed by atoms with Crippen molar-refractivity contribution in [3.05, 3.63) is 23.3 Å². The minimum atomic E-state index is -3.27. The average Bonchev–Trinajstić information content (AvgIpc) is 2.19. The largest absolute Gasteiger partial charge is 0.505 e. The van der Waals surface area contributed by atoms with Crippen LogP contribution in [-0.4, -0.2) is 23.2 Å². The zero-order chi connectivity index (χ0) is 11.6. The van der Waals surface area contributed by atoms with Crippen LogP contribution in [0.15, 0.2) is 6.20 Å². The second-order valence-corrected chi connectivity index (χ2v) is 2.52. The molecule has 0 spiro atoms. The summed E-state index contributed by atoms with van der Waals surface area (Å²) >= 11 is 0. The molecule has 4 nitrogen and oxygen atoms in total. The normalized spacial score (nSPS) is 10.5. The number of aromatic hydroxyl groups is 1. The number of esters is 1. The molecule has 0 aliphatic carbocycles. The highest BCUT2D eigenvalue weighted by atomic mass is 19.3. The van der Waals surface area contributed by atoms with Crippen molar-refractivity contribution in [3.8, 4) is 5.75 Å². The Morgan fingerprint density at radius 3 is 2.67 bits per heavy atom. The van der Waals surface area contributed by atoms with Gasteiger partial charge < -0.3 is 9.84 Å². The molecule has 82 valence electrons. The second-order valence-electron chi connectivity index (χ2n) is 2.52. The standard InChI is InChI=1S/C8H6F3NO3/c1-15-8(14)4-3(13)2-12-7(11)5(4)6(9)10/h2,6,13H,1H3. The van der Waals surface area contributed by atoms with Crippen LogP contribution in [0.2, 0.25) is 0 Å². The van der Waals surface area contributed by atoms with Crippen LogP contribution in [0.5, 0.6) is 5.75 Å². The molecule has 0 bridgehead atoms. The van der Waals surface area contributed by atoms with Crippen molar-refractivity contribution in [1.82, 2.24) is 4.98 Å². The van der Waals surface area contributed by atoms with E-state index in [1.54, 1.807) is 0 Å². The first-order valence-corrected chi connectivity index (χ1v) is 3.72. The molecule has 0 saturated carbocycles. The third-order valence-electron chi connectivity index (χ3n) is 1.66. The Morgan fingerprint density at radius 1 is 1.60 bits per heavy atom. The van der Waals surface area contributed by atoms with Crippen LogP contribution >= 0.6 is 0 Å². The maximum Gasteiger partial charge on any atom is 0.342 e. The number of hydrogen-bond acceptors (Lipinski definition) is 4. The van der Waals surface area contributed by atoms with Crippen LogP contribution in [0.25, 0.3) is 0 Å². The maximum atomic E-state index is 12.9. The van der Waals surface area contributed by atoms with Gasteiger partial charge in [0.05, 0.1) is 18.9 Å². The molecule has 1 aromatic heterocycles. The third kappa shape index (κ3) is 2.00. The Balaban J connectivity index is 3.45. The summed E-state index contributed by atoms with van der Waals surface area (Å²) in [6, 6.07) is 0. The van der Waals surface area contributed by atoms with Gasteiger partial charge in [-0.05, 0) is 0 Å². The number of ether oxygens (including phenoxy) is 1. The summed E-state index contributed by atoms with van der Waals surface area (Å²) in [5.41, 5.74) is -2.16.